The Morgan fingerprint density at radius 1 is 1.05 bits per heavy atom. The van der Waals surface area contributed by atoms with Crippen LogP contribution in [0.4, 0.5) is 5.69 Å². The summed E-state index contributed by atoms with van der Waals surface area (Å²) in [6, 6.07) is 17.4. The van der Waals surface area contributed by atoms with Crippen molar-refractivity contribution in [1.29, 1.82) is 0 Å². The van der Waals surface area contributed by atoms with Gasteiger partial charge in [-0.3, -0.25) is 10.1 Å². The predicted octanol–water partition coefficient (Wildman–Crippen LogP) is 3.52. The first kappa shape index (κ1) is 14.9. The van der Waals surface area contributed by atoms with Crippen LogP contribution in [0.5, 0.6) is 0 Å². The number of amides is 1. The smallest absolute Gasteiger partial charge is 0.250 e. The molecule has 21 heavy (non-hydrogen) atoms. The fourth-order valence-corrected chi connectivity index (χ4v) is 1.91. The second-order valence-electron chi connectivity index (χ2n) is 4.55. The monoisotopic (exact) mass is 296 g/mol. The molecular weight excluding hydrogens is 280 g/mol. The lowest BCUT2D eigenvalue weighted by Crippen LogP contribution is -2.32. The SMILES string of the molecule is Cc1ccc(NC(=S)NC(=O)C=Cc2ccccc2)cc1. The highest BCUT2D eigenvalue weighted by Gasteiger charge is 2.01. The fraction of sp³-hybridized carbons (Fsp3) is 0.0588. The zero-order valence-electron chi connectivity index (χ0n) is 11.7. The molecule has 2 rings (SSSR count). The van der Waals surface area contributed by atoms with E-state index in [0.29, 0.717) is 0 Å². The predicted molar refractivity (Wildman–Crippen MR) is 91.0 cm³/mol. The van der Waals surface area contributed by atoms with Crippen LogP contribution in [0.2, 0.25) is 0 Å². The Labute approximate surface area is 129 Å². The third-order valence-electron chi connectivity index (χ3n) is 2.77. The van der Waals surface area contributed by atoms with Gasteiger partial charge in [0.05, 0.1) is 0 Å². The van der Waals surface area contributed by atoms with E-state index in [9.17, 15) is 4.79 Å². The van der Waals surface area contributed by atoms with Crippen molar-refractivity contribution >= 4 is 35.0 Å². The van der Waals surface area contributed by atoms with Gasteiger partial charge in [-0.15, -0.1) is 0 Å². The van der Waals surface area contributed by atoms with Crippen LogP contribution in [0, 0.1) is 6.92 Å². The largest absolute Gasteiger partial charge is 0.332 e. The van der Waals surface area contributed by atoms with Gasteiger partial charge in [0, 0.05) is 11.8 Å². The van der Waals surface area contributed by atoms with Crippen LogP contribution < -0.4 is 10.6 Å². The standard InChI is InChI=1S/C17H16N2OS/c1-13-7-10-15(11-8-13)18-17(21)19-16(20)12-9-14-5-3-2-4-6-14/h2-12H,1H3,(H2,18,19,20,21). The molecule has 0 saturated carbocycles. The van der Waals surface area contributed by atoms with Gasteiger partial charge in [0.25, 0.3) is 0 Å². The summed E-state index contributed by atoms with van der Waals surface area (Å²) >= 11 is 5.10. The Hall–Kier alpha value is -2.46. The Kier molecular flexibility index (Phi) is 5.23. The Morgan fingerprint density at radius 2 is 1.71 bits per heavy atom. The molecule has 106 valence electrons. The number of anilines is 1. The average molecular weight is 296 g/mol. The molecule has 0 aliphatic rings. The van der Waals surface area contributed by atoms with Crippen LogP contribution >= 0.6 is 12.2 Å². The van der Waals surface area contributed by atoms with Crippen LogP contribution in [0.25, 0.3) is 6.08 Å². The molecule has 0 atom stereocenters. The number of nitrogens with one attached hydrogen (secondary N) is 2. The highest BCUT2D eigenvalue weighted by atomic mass is 32.1. The van der Waals surface area contributed by atoms with E-state index in [2.05, 4.69) is 10.6 Å². The summed E-state index contributed by atoms with van der Waals surface area (Å²) in [4.78, 5) is 11.7. The Balaban J connectivity index is 1.86. The maximum absolute atomic E-state index is 11.7. The van der Waals surface area contributed by atoms with Crippen molar-refractivity contribution in [3.8, 4) is 0 Å². The van der Waals surface area contributed by atoms with Gasteiger partial charge in [-0.2, -0.15) is 0 Å². The lowest BCUT2D eigenvalue weighted by Gasteiger charge is -2.08. The van der Waals surface area contributed by atoms with Crippen molar-refractivity contribution in [2.75, 3.05) is 5.32 Å². The molecule has 2 N–H and O–H groups in total. The molecule has 0 fully saturated rings. The maximum atomic E-state index is 11.7. The number of carbonyl (C=O) groups is 1. The van der Waals surface area contributed by atoms with Gasteiger partial charge in [0.1, 0.15) is 0 Å². The highest BCUT2D eigenvalue weighted by molar-refractivity contribution is 7.80. The number of hydrogen-bond donors (Lipinski definition) is 2. The van der Waals surface area contributed by atoms with Crippen LogP contribution in [0.3, 0.4) is 0 Å². The molecule has 0 spiro atoms. The van der Waals surface area contributed by atoms with Crippen molar-refractivity contribution in [3.05, 3.63) is 71.8 Å². The van der Waals surface area contributed by atoms with E-state index < -0.39 is 0 Å². The lowest BCUT2D eigenvalue weighted by atomic mass is 10.2. The minimum absolute atomic E-state index is 0.261. The molecule has 0 aliphatic carbocycles. The van der Waals surface area contributed by atoms with Crippen LogP contribution in [-0.4, -0.2) is 11.0 Å². The number of hydrogen-bond acceptors (Lipinski definition) is 2. The van der Waals surface area contributed by atoms with Crippen molar-refractivity contribution < 1.29 is 4.79 Å². The lowest BCUT2D eigenvalue weighted by molar-refractivity contribution is -0.115. The van der Waals surface area contributed by atoms with Gasteiger partial charge in [0.15, 0.2) is 5.11 Å². The number of aryl methyl sites for hydroxylation is 1. The van der Waals surface area contributed by atoms with Crippen LogP contribution in [0.1, 0.15) is 11.1 Å². The Morgan fingerprint density at radius 3 is 2.38 bits per heavy atom. The summed E-state index contributed by atoms with van der Waals surface area (Å²) in [5.41, 5.74) is 2.98. The first-order chi connectivity index (χ1) is 10.1. The molecule has 1 amide bonds. The van der Waals surface area contributed by atoms with Crippen LogP contribution in [0.15, 0.2) is 60.7 Å². The summed E-state index contributed by atoms with van der Waals surface area (Å²) in [6.07, 6.45) is 3.20. The van der Waals surface area contributed by atoms with Crippen molar-refractivity contribution in [2.24, 2.45) is 0 Å². The van der Waals surface area contributed by atoms with Gasteiger partial charge in [-0.05, 0) is 42.9 Å². The van der Waals surface area contributed by atoms with E-state index in [1.807, 2.05) is 61.5 Å². The van der Waals surface area contributed by atoms with Gasteiger partial charge < -0.3 is 5.32 Å². The zero-order chi connectivity index (χ0) is 15.1. The molecule has 2 aromatic carbocycles. The molecular formula is C17H16N2OS. The molecule has 0 unspecified atom stereocenters. The maximum Gasteiger partial charge on any atom is 0.250 e. The second-order valence-corrected chi connectivity index (χ2v) is 4.96. The molecule has 4 heteroatoms. The summed E-state index contributed by atoms with van der Waals surface area (Å²) in [5.74, 6) is -0.261. The van der Waals surface area contributed by atoms with Crippen molar-refractivity contribution in [3.63, 3.8) is 0 Å². The average Bonchev–Trinajstić information content (AvgIpc) is 2.48. The van der Waals surface area contributed by atoms with E-state index in [4.69, 9.17) is 12.2 Å². The van der Waals surface area contributed by atoms with E-state index in [0.717, 1.165) is 11.3 Å². The normalized spacial score (nSPS) is 10.3. The summed E-state index contributed by atoms with van der Waals surface area (Å²) in [6.45, 7) is 2.01. The minimum atomic E-state index is -0.261. The number of thiocarbonyl (C=S) groups is 1. The topological polar surface area (TPSA) is 41.1 Å². The van der Waals surface area contributed by atoms with Crippen molar-refractivity contribution in [1.82, 2.24) is 5.32 Å². The van der Waals surface area contributed by atoms with Crippen molar-refractivity contribution in [2.45, 2.75) is 6.92 Å². The first-order valence-corrected chi connectivity index (χ1v) is 6.96. The number of benzene rings is 2. The summed E-state index contributed by atoms with van der Waals surface area (Å²) in [5, 5.41) is 5.85. The third kappa shape index (κ3) is 5.20. The number of rotatable bonds is 3. The van der Waals surface area contributed by atoms with E-state index in [1.165, 1.54) is 11.6 Å². The first-order valence-electron chi connectivity index (χ1n) is 6.55. The van der Waals surface area contributed by atoms with E-state index in [1.54, 1.807) is 6.08 Å². The van der Waals surface area contributed by atoms with Gasteiger partial charge >= 0.3 is 0 Å². The second kappa shape index (κ2) is 7.36. The minimum Gasteiger partial charge on any atom is -0.332 e. The highest BCUT2D eigenvalue weighted by Crippen LogP contribution is 2.08. The number of carbonyl (C=O) groups excluding carboxylic acids is 1. The molecule has 0 heterocycles. The molecule has 2 aromatic rings. The van der Waals surface area contributed by atoms with Gasteiger partial charge in [0.2, 0.25) is 5.91 Å². The van der Waals surface area contributed by atoms with Crippen LogP contribution in [-0.2, 0) is 4.79 Å². The van der Waals surface area contributed by atoms with Gasteiger partial charge in [-0.1, -0.05) is 48.0 Å². The molecule has 0 radical (unpaired) electrons. The summed E-state index contributed by atoms with van der Waals surface area (Å²) < 4.78 is 0. The summed E-state index contributed by atoms with van der Waals surface area (Å²) in [7, 11) is 0. The molecule has 0 bridgehead atoms. The molecule has 0 saturated heterocycles. The van der Waals surface area contributed by atoms with E-state index in [-0.39, 0.29) is 11.0 Å². The third-order valence-corrected chi connectivity index (χ3v) is 2.98. The van der Waals surface area contributed by atoms with E-state index >= 15 is 0 Å². The quantitative estimate of drug-likeness (QED) is 0.672. The fourth-order valence-electron chi connectivity index (χ4n) is 1.69. The molecule has 3 nitrogen and oxygen atoms in total. The molecule has 0 aromatic heterocycles. The zero-order valence-corrected chi connectivity index (χ0v) is 12.5. The Bertz CT molecular complexity index is 648. The molecule has 0 aliphatic heterocycles. The van der Waals surface area contributed by atoms with Gasteiger partial charge in [-0.25, -0.2) is 0 Å².